The fourth-order valence-corrected chi connectivity index (χ4v) is 7.41. The van der Waals surface area contributed by atoms with Crippen LogP contribution in [0.2, 0.25) is 0 Å². The van der Waals surface area contributed by atoms with Crippen molar-refractivity contribution in [2.45, 2.75) is 95.0 Å². The van der Waals surface area contributed by atoms with Crippen molar-refractivity contribution in [3.8, 4) is 0 Å². The molecule has 11 nitrogen and oxygen atoms in total. The lowest BCUT2D eigenvalue weighted by Crippen LogP contribution is -2.55. The van der Waals surface area contributed by atoms with E-state index in [9.17, 15) is 14.4 Å². The molecule has 1 saturated carbocycles. The summed E-state index contributed by atoms with van der Waals surface area (Å²) in [6.07, 6.45) is 9.59. The third-order valence-corrected chi connectivity index (χ3v) is 10.7. The summed E-state index contributed by atoms with van der Waals surface area (Å²) < 4.78 is 11.1. The Kier molecular flexibility index (Phi) is 15.6. The highest BCUT2D eigenvalue weighted by atomic mass is 32.1. The number of alkyl carbamates (subject to hydrolysis) is 1. The van der Waals surface area contributed by atoms with Crippen molar-refractivity contribution >= 4 is 29.4 Å². The van der Waals surface area contributed by atoms with Gasteiger partial charge < -0.3 is 30.3 Å². The molecular weight excluding hydrogens is 665 g/mol. The smallest absolute Gasteiger partial charge is 0.407 e. The molecule has 51 heavy (non-hydrogen) atoms. The van der Waals surface area contributed by atoms with Crippen LogP contribution in [0.3, 0.4) is 0 Å². The molecule has 3 unspecified atom stereocenters. The minimum absolute atomic E-state index is 0.161. The van der Waals surface area contributed by atoms with Gasteiger partial charge in [0.05, 0.1) is 23.6 Å². The van der Waals surface area contributed by atoms with Crippen molar-refractivity contribution in [2.24, 2.45) is 0 Å². The van der Waals surface area contributed by atoms with E-state index < -0.39 is 12.1 Å². The normalized spacial score (nSPS) is 17.1. The van der Waals surface area contributed by atoms with E-state index >= 15 is 0 Å². The topological polar surface area (TPSA) is 125 Å². The Hall–Kier alpha value is -4.00. The number of ether oxygens (including phenoxy) is 2. The number of carbonyl (C=O) groups excluding carboxylic acids is 3. The molecule has 2 heterocycles. The van der Waals surface area contributed by atoms with E-state index in [1.54, 1.807) is 16.6 Å². The molecule has 1 aliphatic carbocycles. The van der Waals surface area contributed by atoms with Gasteiger partial charge >= 0.3 is 12.1 Å². The van der Waals surface area contributed by atoms with E-state index in [4.69, 9.17) is 9.47 Å². The Balaban J connectivity index is 1.27. The van der Waals surface area contributed by atoms with Crippen LogP contribution in [0.4, 0.5) is 9.59 Å². The van der Waals surface area contributed by atoms with Crippen LogP contribution in [0.15, 0.2) is 72.4 Å². The number of thiazole rings is 1. The summed E-state index contributed by atoms with van der Waals surface area (Å²) in [6.45, 7) is 3.81. The van der Waals surface area contributed by atoms with E-state index in [0.717, 1.165) is 54.8 Å². The quantitative estimate of drug-likeness (QED) is 0.167. The van der Waals surface area contributed by atoms with Crippen LogP contribution in [0.5, 0.6) is 0 Å². The van der Waals surface area contributed by atoms with Crippen molar-refractivity contribution in [3.63, 3.8) is 0 Å². The molecule has 3 atom stereocenters. The molecule has 2 aromatic carbocycles. The van der Waals surface area contributed by atoms with Gasteiger partial charge in [0, 0.05) is 51.0 Å². The van der Waals surface area contributed by atoms with Gasteiger partial charge in [-0.15, -0.1) is 11.3 Å². The Morgan fingerprint density at radius 2 is 1.51 bits per heavy atom. The number of morpholine rings is 1. The average Bonchev–Trinajstić information content (AvgIpc) is 3.70. The summed E-state index contributed by atoms with van der Waals surface area (Å²) in [5.74, 6) is -0.189. The number of nitrogens with zero attached hydrogens (tertiary/aromatic N) is 3. The van der Waals surface area contributed by atoms with Gasteiger partial charge in [0.25, 0.3) is 0 Å². The van der Waals surface area contributed by atoms with Gasteiger partial charge in [0.1, 0.15) is 12.6 Å². The largest absolute Gasteiger partial charge is 0.444 e. The van der Waals surface area contributed by atoms with Gasteiger partial charge in [-0.1, -0.05) is 79.9 Å². The first-order valence-electron chi connectivity index (χ1n) is 18.4. The van der Waals surface area contributed by atoms with Gasteiger partial charge in [-0.2, -0.15) is 0 Å². The molecule has 1 aromatic heterocycles. The number of rotatable bonds is 17. The first kappa shape index (κ1) is 38.2. The van der Waals surface area contributed by atoms with E-state index in [0.29, 0.717) is 51.9 Å². The van der Waals surface area contributed by atoms with Crippen LogP contribution in [-0.2, 0) is 33.7 Å². The van der Waals surface area contributed by atoms with Gasteiger partial charge in [-0.25, -0.2) is 9.59 Å². The number of nitrogens with one attached hydrogen (secondary N) is 3. The molecule has 1 aliphatic heterocycles. The fraction of sp³-hybridized carbons (Fsp3) is 0.538. The third kappa shape index (κ3) is 13.2. The number of aromatic nitrogens is 1. The molecule has 2 fully saturated rings. The maximum atomic E-state index is 14.2. The molecule has 12 heteroatoms. The van der Waals surface area contributed by atoms with Crippen LogP contribution in [0.1, 0.15) is 67.4 Å². The second-order valence-electron chi connectivity index (χ2n) is 13.7. The zero-order chi connectivity index (χ0) is 35.7. The van der Waals surface area contributed by atoms with Gasteiger partial charge in [0.15, 0.2) is 0 Å². The number of hydrogen-bond donors (Lipinski definition) is 3. The van der Waals surface area contributed by atoms with Crippen molar-refractivity contribution in [2.75, 3.05) is 39.9 Å². The monoisotopic (exact) mass is 718 g/mol. The van der Waals surface area contributed by atoms with Crippen molar-refractivity contribution in [1.29, 1.82) is 0 Å². The van der Waals surface area contributed by atoms with Crippen LogP contribution >= 0.6 is 11.3 Å². The Morgan fingerprint density at radius 3 is 2.12 bits per heavy atom. The van der Waals surface area contributed by atoms with Crippen molar-refractivity contribution in [1.82, 2.24) is 30.7 Å². The molecule has 0 radical (unpaired) electrons. The molecule has 0 spiro atoms. The van der Waals surface area contributed by atoms with Crippen LogP contribution < -0.4 is 16.0 Å². The van der Waals surface area contributed by atoms with E-state index in [2.05, 4.69) is 38.0 Å². The lowest BCUT2D eigenvalue weighted by molar-refractivity contribution is -0.124. The highest BCUT2D eigenvalue weighted by Gasteiger charge is 2.29. The second-order valence-corrected chi connectivity index (χ2v) is 14.7. The summed E-state index contributed by atoms with van der Waals surface area (Å²) in [5.41, 5.74) is 3.91. The predicted molar refractivity (Wildman–Crippen MR) is 200 cm³/mol. The first-order chi connectivity index (χ1) is 24.9. The summed E-state index contributed by atoms with van der Waals surface area (Å²) in [4.78, 5) is 49.7. The Bertz CT molecular complexity index is 1450. The van der Waals surface area contributed by atoms with E-state index in [1.165, 1.54) is 17.8 Å². The summed E-state index contributed by atoms with van der Waals surface area (Å²) in [5, 5.41) is 9.52. The molecule has 0 bridgehead atoms. The third-order valence-electron chi connectivity index (χ3n) is 9.91. The zero-order valence-corrected chi connectivity index (χ0v) is 30.7. The molecule has 4 amide bonds. The lowest BCUT2D eigenvalue weighted by Gasteiger charge is -2.33. The fourth-order valence-electron chi connectivity index (χ4n) is 6.90. The summed E-state index contributed by atoms with van der Waals surface area (Å²) >= 11 is 1.44. The number of hydrogen-bond acceptors (Lipinski definition) is 8. The zero-order valence-electron chi connectivity index (χ0n) is 29.8. The van der Waals surface area contributed by atoms with Gasteiger partial charge in [-0.05, 0) is 56.1 Å². The first-order valence-corrected chi connectivity index (χ1v) is 19.3. The molecule has 3 N–H and O–H groups in total. The number of amides is 4. The summed E-state index contributed by atoms with van der Waals surface area (Å²) in [6, 6.07) is 19.0. The second kappa shape index (κ2) is 20.8. The van der Waals surface area contributed by atoms with Gasteiger partial charge in [0.2, 0.25) is 5.91 Å². The maximum Gasteiger partial charge on any atom is 0.407 e. The SMILES string of the molecule is CN(C(=O)NC(CCN1CCOCC1)C(=O)NC(CCC(Cc1ccccc1)NC(=O)OCc1cncs1)Cc1ccccc1)C1CCCCC1. The van der Waals surface area contributed by atoms with Gasteiger partial charge in [-0.3, -0.25) is 14.7 Å². The Morgan fingerprint density at radius 1 is 0.882 bits per heavy atom. The average molecular weight is 719 g/mol. The minimum Gasteiger partial charge on any atom is -0.444 e. The van der Waals surface area contributed by atoms with Crippen LogP contribution in [0, 0.1) is 0 Å². The highest BCUT2D eigenvalue weighted by Crippen LogP contribution is 2.22. The molecule has 3 aromatic rings. The number of benzene rings is 2. The molecule has 2 aliphatic rings. The standard InChI is InChI=1S/C39H54N6O5S/c1-44(34-15-9-4-10-16-34)38(47)43-36(19-20-45-21-23-49-24-22-45)37(46)41-32(25-30-11-5-2-6-12-30)17-18-33(26-31-13-7-3-8-14-31)42-39(48)50-28-35-27-40-29-51-35/h2-3,5-8,11-14,27,29,32-34,36H,4,9-10,15-26,28H2,1H3,(H,41,46)(H,42,48)(H,43,47). The van der Waals surface area contributed by atoms with Crippen molar-refractivity contribution < 1.29 is 23.9 Å². The molecule has 276 valence electrons. The minimum atomic E-state index is -0.690. The summed E-state index contributed by atoms with van der Waals surface area (Å²) in [7, 11) is 1.85. The van der Waals surface area contributed by atoms with Crippen LogP contribution in [0.25, 0.3) is 0 Å². The Labute approximate surface area is 306 Å². The van der Waals surface area contributed by atoms with E-state index in [-0.39, 0.29) is 36.7 Å². The number of urea groups is 1. The molecular formula is C39H54N6O5S. The molecule has 5 rings (SSSR count). The van der Waals surface area contributed by atoms with Crippen molar-refractivity contribution in [3.05, 3.63) is 88.4 Å². The van der Waals surface area contributed by atoms with Crippen LogP contribution in [-0.4, -0.2) is 96.9 Å². The highest BCUT2D eigenvalue weighted by molar-refractivity contribution is 7.09. The number of carbonyl (C=O) groups is 3. The molecule has 1 saturated heterocycles. The van der Waals surface area contributed by atoms with E-state index in [1.807, 2.05) is 55.6 Å². The lowest BCUT2D eigenvalue weighted by atomic mass is 9.94. The predicted octanol–water partition coefficient (Wildman–Crippen LogP) is 5.55. The maximum absolute atomic E-state index is 14.2.